The van der Waals surface area contributed by atoms with Gasteiger partial charge in [-0.2, -0.15) is 0 Å². The van der Waals surface area contributed by atoms with Crippen LogP contribution in [-0.2, 0) is 35.2 Å². The normalized spacial score (nSPS) is 16.9. The van der Waals surface area contributed by atoms with Crippen molar-refractivity contribution >= 4 is 41.5 Å². The first kappa shape index (κ1) is 36.5. The van der Waals surface area contributed by atoms with E-state index in [1.807, 2.05) is 30.3 Å². The van der Waals surface area contributed by atoms with Crippen molar-refractivity contribution in [1.29, 1.82) is 0 Å². The Morgan fingerprint density at radius 2 is 1.60 bits per heavy atom. The number of likely N-dealkylation sites (tertiary alicyclic amines) is 1. The molecule has 1 aromatic carbocycles. The number of carbonyl (C=O) groups excluding carboxylic acids is 5. The van der Waals surface area contributed by atoms with Crippen molar-refractivity contribution in [1.82, 2.24) is 26.2 Å². The Labute approximate surface area is 262 Å². The Balaban J connectivity index is 1.90. The predicted octanol–water partition coefficient (Wildman–Crippen LogP) is -0.863. The van der Waals surface area contributed by atoms with Gasteiger partial charge in [0.05, 0.1) is 0 Å². The van der Waals surface area contributed by atoms with Gasteiger partial charge in [0.1, 0.15) is 30.2 Å². The van der Waals surface area contributed by atoms with E-state index in [0.29, 0.717) is 12.8 Å². The van der Waals surface area contributed by atoms with E-state index in [-0.39, 0.29) is 44.2 Å². The number of carboxylic acid groups (broad SMARTS) is 1. The molecule has 0 unspecified atom stereocenters. The molecular weight excluding hydrogens is 584 g/mol. The molecule has 0 spiro atoms. The molecule has 1 fully saturated rings. The number of nitrogens with zero attached hydrogens (tertiary/aromatic N) is 2. The first-order chi connectivity index (χ1) is 21.3. The largest absolute Gasteiger partial charge is 0.480 e. The number of nitrogens with one attached hydrogen (secondary N) is 4. The number of rotatable bonds is 18. The smallest absolute Gasteiger partial charge is 0.326 e. The van der Waals surface area contributed by atoms with Gasteiger partial charge >= 0.3 is 5.97 Å². The molecule has 0 saturated carbocycles. The number of benzene rings is 1. The van der Waals surface area contributed by atoms with E-state index in [1.54, 1.807) is 0 Å². The molecule has 45 heavy (non-hydrogen) atoms. The lowest BCUT2D eigenvalue weighted by molar-refractivity contribution is -0.148. The molecule has 15 heteroatoms. The van der Waals surface area contributed by atoms with E-state index in [1.165, 1.54) is 31.2 Å². The van der Waals surface area contributed by atoms with E-state index >= 15 is 0 Å². The molecule has 1 aliphatic rings. The van der Waals surface area contributed by atoms with Crippen LogP contribution in [0.4, 0.5) is 0 Å². The zero-order valence-electron chi connectivity index (χ0n) is 26.1. The topological polar surface area (TPSA) is 238 Å². The highest BCUT2D eigenvalue weighted by Crippen LogP contribution is 2.15. The summed E-state index contributed by atoms with van der Waals surface area (Å²) in [6, 6.07) is 4.88. The summed E-state index contributed by atoms with van der Waals surface area (Å²) < 4.78 is 0. The predicted molar refractivity (Wildman–Crippen MR) is 166 cm³/mol. The average molecular weight is 631 g/mol. The van der Waals surface area contributed by atoms with Gasteiger partial charge in [-0.3, -0.25) is 29.0 Å². The van der Waals surface area contributed by atoms with Crippen LogP contribution in [0.3, 0.4) is 0 Å². The maximum absolute atomic E-state index is 13.2. The number of nitrogens with two attached hydrogens (primary N) is 2. The number of carbonyl (C=O) groups is 6. The second kappa shape index (κ2) is 18.2. The molecule has 248 valence electrons. The van der Waals surface area contributed by atoms with Crippen molar-refractivity contribution < 1.29 is 33.9 Å². The van der Waals surface area contributed by atoms with Gasteiger partial charge in [0.2, 0.25) is 29.5 Å². The molecule has 15 nitrogen and oxygen atoms in total. The zero-order chi connectivity index (χ0) is 33.5. The number of aryl methyl sites for hydroxylation is 1. The summed E-state index contributed by atoms with van der Waals surface area (Å²) in [6.45, 7) is 4.68. The SMILES string of the molecule is C[C@H](NC(=O)CCCCc1ccccc1)C(=O)N[C@@H](CCCN=C(N)N)C(=O)N[C@@H](C)C(=O)N[C@@H]1CCN([C@@H](C)C(=O)O)C1=O. The van der Waals surface area contributed by atoms with Gasteiger partial charge in [0.25, 0.3) is 0 Å². The molecule has 1 aliphatic heterocycles. The summed E-state index contributed by atoms with van der Waals surface area (Å²) in [7, 11) is 0. The van der Waals surface area contributed by atoms with E-state index in [9.17, 15) is 33.9 Å². The van der Waals surface area contributed by atoms with Crippen molar-refractivity contribution in [2.75, 3.05) is 13.1 Å². The van der Waals surface area contributed by atoms with E-state index in [2.05, 4.69) is 26.3 Å². The number of guanidine groups is 1. The molecule has 9 N–H and O–H groups in total. The highest BCUT2D eigenvalue weighted by atomic mass is 16.4. The number of unbranched alkanes of at least 4 members (excludes halogenated alkanes) is 1. The summed E-state index contributed by atoms with van der Waals surface area (Å²) in [5.74, 6) is -3.98. The minimum Gasteiger partial charge on any atom is -0.480 e. The molecule has 1 saturated heterocycles. The number of carboxylic acids is 1. The van der Waals surface area contributed by atoms with Crippen molar-refractivity contribution in [3.8, 4) is 0 Å². The van der Waals surface area contributed by atoms with Crippen LogP contribution in [0, 0.1) is 0 Å². The van der Waals surface area contributed by atoms with Crippen molar-refractivity contribution in [3.63, 3.8) is 0 Å². The number of hydrogen-bond acceptors (Lipinski definition) is 7. The fraction of sp³-hybridized carbons (Fsp3) is 0.567. The first-order valence-corrected chi connectivity index (χ1v) is 15.1. The van der Waals surface area contributed by atoms with Gasteiger partial charge in [0.15, 0.2) is 5.96 Å². The molecule has 5 amide bonds. The molecule has 2 rings (SSSR count). The van der Waals surface area contributed by atoms with E-state index < -0.39 is 59.8 Å². The summed E-state index contributed by atoms with van der Waals surface area (Å²) in [5, 5.41) is 19.6. The number of aliphatic carboxylic acids is 1. The Hall–Kier alpha value is -4.69. The van der Waals surface area contributed by atoms with Gasteiger partial charge in [-0.05, 0) is 64.9 Å². The van der Waals surface area contributed by atoms with E-state index in [0.717, 1.165) is 12.8 Å². The molecule has 1 heterocycles. The van der Waals surface area contributed by atoms with Gasteiger partial charge in [-0.25, -0.2) is 4.79 Å². The fourth-order valence-electron chi connectivity index (χ4n) is 4.74. The lowest BCUT2D eigenvalue weighted by Crippen LogP contribution is -2.56. The van der Waals surface area contributed by atoms with Crippen LogP contribution in [0.1, 0.15) is 64.9 Å². The maximum Gasteiger partial charge on any atom is 0.326 e. The average Bonchev–Trinajstić information content (AvgIpc) is 3.35. The van der Waals surface area contributed by atoms with Crippen LogP contribution < -0.4 is 32.7 Å². The minimum absolute atomic E-state index is 0.122. The van der Waals surface area contributed by atoms with Crippen molar-refractivity contribution in [2.24, 2.45) is 16.5 Å². The third-order valence-electron chi connectivity index (χ3n) is 7.44. The van der Waals surface area contributed by atoms with Crippen LogP contribution in [0.15, 0.2) is 35.3 Å². The lowest BCUT2D eigenvalue weighted by Gasteiger charge is -2.24. The van der Waals surface area contributed by atoms with Gasteiger partial charge < -0.3 is 42.7 Å². The molecule has 0 aliphatic carbocycles. The van der Waals surface area contributed by atoms with Crippen LogP contribution in [0.5, 0.6) is 0 Å². The molecule has 0 radical (unpaired) electrons. The Bertz CT molecular complexity index is 1220. The van der Waals surface area contributed by atoms with Gasteiger partial charge in [-0.15, -0.1) is 0 Å². The highest BCUT2D eigenvalue weighted by Gasteiger charge is 2.38. The monoisotopic (exact) mass is 630 g/mol. The second-order valence-electron chi connectivity index (χ2n) is 11.1. The van der Waals surface area contributed by atoms with Crippen LogP contribution in [0.25, 0.3) is 0 Å². The summed E-state index contributed by atoms with van der Waals surface area (Å²) in [4.78, 5) is 80.2. The number of hydrogen-bond donors (Lipinski definition) is 7. The molecule has 5 atom stereocenters. The standard InChI is InChI=1S/C30H46N8O7/c1-18(34-24(39)14-8-7-12-21-10-5-4-6-11-21)25(40)36-22(13-9-16-33-30(31)32)27(42)35-19(2)26(41)37-23-15-17-38(28(23)43)20(3)29(44)45/h4-6,10-11,18-20,22-23H,7-9,12-17H2,1-3H3,(H,34,39)(H,35,42)(H,36,40)(H,37,41)(H,44,45)(H4,31,32,33)/t18-,19-,20-,22-,23+/m0/s1. The molecular formula is C30H46N8O7. The lowest BCUT2D eigenvalue weighted by atomic mass is 10.1. The third-order valence-corrected chi connectivity index (χ3v) is 7.44. The summed E-state index contributed by atoms with van der Waals surface area (Å²) in [5.41, 5.74) is 11.9. The second-order valence-corrected chi connectivity index (χ2v) is 11.1. The Morgan fingerprint density at radius 1 is 0.933 bits per heavy atom. The highest BCUT2D eigenvalue weighted by molar-refractivity contribution is 5.96. The summed E-state index contributed by atoms with van der Waals surface area (Å²) >= 11 is 0. The van der Waals surface area contributed by atoms with E-state index in [4.69, 9.17) is 11.5 Å². The quantitative estimate of drug-likeness (QED) is 0.0606. The van der Waals surface area contributed by atoms with Gasteiger partial charge in [0, 0.05) is 19.5 Å². The third kappa shape index (κ3) is 12.4. The molecule has 0 bridgehead atoms. The minimum atomic E-state index is -1.16. The number of aliphatic imine (C=N–C) groups is 1. The molecule has 1 aromatic rings. The maximum atomic E-state index is 13.2. The Morgan fingerprint density at radius 3 is 2.24 bits per heavy atom. The zero-order valence-corrected chi connectivity index (χ0v) is 26.1. The summed E-state index contributed by atoms with van der Waals surface area (Å²) in [6.07, 6.45) is 3.24. The van der Waals surface area contributed by atoms with Crippen molar-refractivity contribution in [2.45, 2.75) is 95.9 Å². The van der Waals surface area contributed by atoms with Crippen LogP contribution >= 0.6 is 0 Å². The van der Waals surface area contributed by atoms with Gasteiger partial charge in [-0.1, -0.05) is 30.3 Å². The number of amides is 5. The van der Waals surface area contributed by atoms with Crippen LogP contribution in [-0.4, -0.2) is 94.8 Å². The fourth-order valence-corrected chi connectivity index (χ4v) is 4.74. The Kier molecular flexibility index (Phi) is 14.8. The molecule has 0 aromatic heterocycles. The first-order valence-electron chi connectivity index (χ1n) is 15.1. The van der Waals surface area contributed by atoms with Crippen molar-refractivity contribution in [3.05, 3.63) is 35.9 Å². The van der Waals surface area contributed by atoms with Crippen LogP contribution in [0.2, 0.25) is 0 Å².